The third-order valence-corrected chi connectivity index (χ3v) is 4.02. The Labute approximate surface area is 116 Å². The number of nitrogens with two attached hydrogens (primary N) is 1. The summed E-state index contributed by atoms with van der Waals surface area (Å²) in [6.45, 7) is 8.51. The van der Waals surface area contributed by atoms with Crippen LogP contribution in [0.1, 0.15) is 18.5 Å². The van der Waals surface area contributed by atoms with Crippen LogP contribution in [0.15, 0.2) is 24.3 Å². The van der Waals surface area contributed by atoms with Gasteiger partial charge < -0.3 is 15.4 Å². The number of piperazine rings is 1. The summed E-state index contributed by atoms with van der Waals surface area (Å²) >= 11 is 0. The summed E-state index contributed by atoms with van der Waals surface area (Å²) in [5.41, 5.74) is 7.27. The second kappa shape index (κ2) is 6.89. The van der Waals surface area contributed by atoms with E-state index in [0.717, 1.165) is 38.5 Å². The van der Waals surface area contributed by atoms with Gasteiger partial charge in [-0.25, -0.2) is 0 Å². The number of nitrogens with zero attached hydrogens (tertiary/aromatic N) is 2. The largest absolute Gasteiger partial charge is 0.497 e. The minimum absolute atomic E-state index is 0.324. The predicted octanol–water partition coefficient (Wildman–Crippen LogP) is 1.33. The number of hydrogen-bond acceptors (Lipinski definition) is 4. The van der Waals surface area contributed by atoms with E-state index in [-0.39, 0.29) is 0 Å². The van der Waals surface area contributed by atoms with E-state index in [2.05, 4.69) is 28.9 Å². The van der Waals surface area contributed by atoms with Crippen molar-refractivity contribution < 1.29 is 4.74 Å². The summed E-state index contributed by atoms with van der Waals surface area (Å²) in [6, 6.07) is 8.61. The third kappa shape index (κ3) is 3.47. The molecule has 1 atom stereocenters. The van der Waals surface area contributed by atoms with Gasteiger partial charge in [-0.15, -0.1) is 0 Å². The molecule has 2 rings (SSSR count). The van der Waals surface area contributed by atoms with Gasteiger partial charge in [-0.3, -0.25) is 4.90 Å². The number of methoxy groups -OCH3 is 1. The smallest absolute Gasteiger partial charge is 0.118 e. The Morgan fingerprint density at radius 2 is 1.79 bits per heavy atom. The molecule has 0 radical (unpaired) electrons. The van der Waals surface area contributed by atoms with Crippen molar-refractivity contribution in [2.45, 2.75) is 13.0 Å². The molecule has 0 aromatic heterocycles. The fourth-order valence-electron chi connectivity index (χ4n) is 2.71. The minimum atomic E-state index is 0.324. The second-order valence-electron chi connectivity index (χ2n) is 4.99. The van der Waals surface area contributed by atoms with Crippen LogP contribution in [0.5, 0.6) is 5.75 Å². The summed E-state index contributed by atoms with van der Waals surface area (Å²) in [4.78, 5) is 4.98. The number of benzene rings is 1. The van der Waals surface area contributed by atoms with Crippen LogP contribution in [0.3, 0.4) is 0 Å². The molecule has 1 heterocycles. The quantitative estimate of drug-likeness (QED) is 0.870. The Bertz CT molecular complexity index is 371. The van der Waals surface area contributed by atoms with Crippen molar-refractivity contribution in [3.63, 3.8) is 0 Å². The maximum absolute atomic E-state index is 5.99. The van der Waals surface area contributed by atoms with Crippen molar-refractivity contribution in [3.8, 4) is 5.75 Å². The topological polar surface area (TPSA) is 41.7 Å². The predicted molar refractivity (Wildman–Crippen MR) is 78.5 cm³/mol. The van der Waals surface area contributed by atoms with E-state index in [1.165, 1.54) is 5.56 Å². The van der Waals surface area contributed by atoms with E-state index in [9.17, 15) is 0 Å². The highest BCUT2D eigenvalue weighted by atomic mass is 16.5. The molecule has 4 heteroatoms. The van der Waals surface area contributed by atoms with Crippen LogP contribution in [0, 0.1) is 0 Å². The van der Waals surface area contributed by atoms with Crippen LogP contribution in [-0.2, 0) is 0 Å². The maximum atomic E-state index is 5.99. The Hall–Kier alpha value is -1.10. The molecule has 0 unspecified atom stereocenters. The molecule has 1 fully saturated rings. The van der Waals surface area contributed by atoms with Gasteiger partial charge in [0, 0.05) is 38.8 Å². The zero-order valence-electron chi connectivity index (χ0n) is 12.0. The van der Waals surface area contributed by atoms with Crippen molar-refractivity contribution in [2.24, 2.45) is 5.73 Å². The van der Waals surface area contributed by atoms with E-state index >= 15 is 0 Å². The lowest BCUT2D eigenvalue weighted by molar-refractivity contribution is 0.102. The van der Waals surface area contributed by atoms with Gasteiger partial charge in [0.1, 0.15) is 5.75 Å². The molecule has 1 aliphatic rings. The molecule has 1 aromatic rings. The molecule has 0 saturated carbocycles. The van der Waals surface area contributed by atoms with E-state index in [0.29, 0.717) is 12.6 Å². The number of hydrogen-bond donors (Lipinski definition) is 1. The summed E-state index contributed by atoms with van der Waals surface area (Å²) < 4.78 is 5.21. The zero-order chi connectivity index (χ0) is 13.7. The average molecular weight is 263 g/mol. The lowest BCUT2D eigenvalue weighted by Gasteiger charge is -2.38. The average Bonchev–Trinajstić information content (AvgIpc) is 2.49. The zero-order valence-corrected chi connectivity index (χ0v) is 12.0. The Balaban J connectivity index is 2.03. The van der Waals surface area contributed by atoms with Gasteiger partial charge in [0.25, 0.3) is 0 Å². The van der Waals surface area contributed by atoms with Gasteiger partial charge >= 0.3 is 0 Å². The van der Waals surface area contributed by atoms with Crippen LogP contribution in [0.2, 0.25) is 0 Å². The van der Waals surface area contributed by atoms with Gasteiger partial charge in [-0.1, -0.05) is 19.1 Å². The fourth-order valence-corrected chi connectivity index (χ4v) is 2.71. The van der Waals surface area contributed by atoms with E-state index in [4.69, 9.17) is 10.5 Å². The first-order chi connectivity index (χ1) is 9.28. The van der Waals surface area contributed by atoms with Crippen molar-refractivity contribution >= 4 is 0 Å². The van der Waals surface area contributed by atoms with Gasteiger partial charge in [-0.2, -0.15) is 0 Å². The normalized spacial score (nSPS) is 19.3. The molecule has 106 valence electrons. The van der Waals surface area contributed by atoms with Gasteiger partial charge in [-0.05, 0) is 24.2 Å². The van der Waals surface area contributed by atoms with Crippen LogP contribution in [0.4, 0.5) is 0 Å². The molecule has 19 heavy (non-hydrogen) atoms. The van der Waals surface area contributed by atoms with Crippen molar-refractivity contribution in [1.29, 1.82) is 0 Å². The highest BCUT2D eigenvalue weighted by Crippen LogP contribution is 2.23. The summed E-state index contributed by atoms with van der Waals surface area (Å²) in [5, 5.41) is 0. The molecule has 0 spiro atoms. The first kappa shape index (κ1) is 14.3. The molecule has 0 amide bonds. The van der Waals surface area contributed by atoms with Gasteiger partial charge in [0.2, 0.25) is 0 Å². The number of ether oxygens (including phenoxy) is 1. The summed E-state index contributed by atoms with van der Waals surface area (Å²) in [5.74, 6) is 0.898. The molecule has 1 saturated heterocycles. The first-order valence-electron chi connectivity index (χ1n) is 7.09. The molecule has 4 nitrogen and oxygen atoms in total. The van der Waals surface area contributed by atoms with Gasteiger partial charge in [0.05, 0.1) is 7.11 Å². The number of likely N-dealkylation sites (N-methyl/N-ethyl adjacent to an activating group) is 1. The van der Waals surface area contributed by atoms with Crippen LogP contribution < -0.4 is 10.5 Å². The molecule has 2 N–H and O–H groups in total. The maximum Gasteiger partial charge on any atom is 0.118 e. The van der Waals surface area contributed by atoms with E-state index < -0.39 is 0 Å². The fraction of sp³-hybridized carbons (Fsp3) is 0.600. The molecular formula is C15H25N3O. The van der Waals surface area contributed by atoms with Crippen LogP contribution >= 0.6 is 0 Å². The standard InChI is InChI=1S/C15H25N3O/c1-3-17-8-10-18(11-9-17)15(12-16)13-4-6-14(19-2)7-5-13/h4-7,15H,3,8-12,16H2,1-2H3/t15-/m0/s1. The Morgan fingerprint density at radius 1 is 1.16 bits per heavy atom. The summed E-state index contributed by atoms with van der Waals surface area (Å²) in [7, 11) is 1.69. The van der Waals surface area contributed by atoms with Crippen molar-refractivity contribution in [3.05, 3.63) is 29.8 Å². The molecule has 0 bridgehead atoms. The SMILES string of the molecule is CCN1CCN([C@@H](CN)c2ccc(OC)cc2)CC1. The lowest BCUT2D eigenvalue weighted by atomic mass is 10.0. The highest BCUT2D eigenvalue weighted by Gasteiger charge is 2.23. The summed E-state index contributed by atoms with van der Waals surface area (Å²) in [6.07, 6.45) is 0. The monoisotopic (exact) mass is 263 g/mol. The van der Waals surface area contributed by atoms with E-state index in [1.54, 1.807) is 7.11 Å². The Kier molecular flexibility index (Phi) is 5.19. The first-order valence-corrected chi connectivity index (χ1v) is 7.09. The molecule has 0 aliphatic carbocycles. The number of rotatable bonds is 5. The second-order valence-corrected chi connectivity index (χ2v) is 4.99. The van der Waals surface area contributed by atoms with Crippen LogP contribution in [0.25, 0.3) is 0 Å². The molecule has 1 aliphatic heterocycles. The lowest BCUT2D eigenvalue weighted by Crippen LogP contribution is -2.48. The van der Waals surface area contributed by atoms with Crippen molar-refractivity contribution in [2.75, 3.05) is 46.4 Å². The molecular weight excluding hydrogens is 238 g/mol. The van der Waals surface area contributed by atoms with Crippen LogP contribution in [-0.4, -0.2) is 56.2 Å². The van der Waals surface area contributed by atoms with E-state index in [1.807, 2.05) is 12.1 Å². The Morgan fingerprint density at radius 3 is 2.26 bits per heavy atom. The third-order valence-electron chi connectivity index (χ3n) is 4.02. The van der Waals surface area contributed by atoms with Crippen molar-refractivity contribution in [1.82, 2.24) is 9.80 Å². The minimum Gasteiger partial charge on any atom is -0.497 e. The van der Waals surface area contributed by atoms with Gasteiger partial charge in [0.15, 0.2) is 0 Å². The highest BCUT2D eigenvalue weighted by molar-refractivity contribution is 5.29. The molecule has 1 aromatic carbocycles.